The van der Waals surface area contributed by atoms with Gasteiger partial charge < -0.3 is 15.0 Å². The molecule has 3 rings (SSSR count). The summed E-state index contributed by atoms with van der Waals surface area (Å²) < 4.78 is 5.17. The molecule has 0 fully saturated rings. The molecule has 0 unspecified atom stereocenters. The minimum absolute atomic E-state index is 0.690. The predicted octanol–water partition coefficient (Wildman–Crippen LogP) is 3.87. The quantitative estimate of drug-likeness (QED) is 0.747. The second-order valence-electron chi connectivity index (χ2n) is 5.36. The van der Waals surface area contributed by atoms with E-state index in [9.17, 15) is 0 Å². The van der Waals surface area contributed by atoms with Gasteiger partial charge in [0, 0.05) is 25.3 Å². The van der Waals surface area contributed by atoms with E-state index in [1.807, 2.05) is 72.6 Å². The summed E-state index contributed by atoms with van der Waals surface area (Å²) in [5, 5.41) is 3.33. The lowest BCUT2D eigenvalue weighted by molar-refractivity contribution is 0.414. The number of methoxy groups -OCH3 is 1. The number of aromatic nitrogens is 2. The van der Waals surface area contributed by atoms with Gasteiger partial charge in [-0.05, 0) is 29.8 Å². The fourth-order valence-corrected chi connectivity index (χ4v) is 2.35. The monoisotopic (exact) mass is 320 g/mol. The number of nitrogens with zero attached hydrogens (tertiary/aromatic N) is 3. The molecular weight excluding hydrogens is 300 g/mol. The molecule has 0 amide bonds. The maximum Gasteiger partial charge on any atom is 0.138 e. The molecule has 0 spiro atoms. The lowest BCUT2D eigenvalue weighted by Gasteiger charge is -2.18. The molecule has 0 saturated heterocycles. The minimum atomic E-state index is 0.690. The highest BCUT2D eigenvalue weighted by atomic mass is 16.5. The summed E-state index contributed by atoms with van der Waals surface area (Å²) in [4.78, 5) is 10.7. The Hall–Kier alpha value is -3.08. The van der Waals surface area contributed by atoms with Crippen molar-refractivity contribution in [3.05, 3.63) is 72.6 Å². The Balaban J connectivity index is 1.68. The third-order valence-corrected chi connectivity index (χ3v) is 3.77. The van der Waals surface area contributed by atoms with Gasteiger partial charge in [0.15, 0.2) is 0 Å². The molecule has 24 heavy (non-hydrogen) atoms. The van der Waals surface area contributed by atoms with Crippen molar-refractivity contribution in [2.45, 2.75) is 6.54 Å². The summed E-state index contributed by atoms with van der Waals surface area (Å²) in [6, 6.07) is 20.0. The lowest BCUT2D eigenvalue weighted by atomic mass is 10.2. The minimum Gasteiger partial charge on any atom is -0.497 e. The van der Waals surface area contributed by atoms with Gasteiger partial charge in [-0.3, -0.25) is 0 Å². The van der Waals surface area contributed by atoms with Crippen LogP contribution in [0.2, 0.25) is 0 Å². The first-order valence-electron chi connectivity index (χ1n) is 7.74. The molecule has 5 nitrogen and oxygen atoms in total. The van der Waals surface area contributed by atoms with E-state index in [0.29, 0.717) is 6.54 Å². The van der Waals surface area contributed by atoms with Crippen molar-refractivity contribution in [1.82, 2.24) is 9.97 Å². The van der Waals surface area contributed by atoms with E-state index >= 15 is 0 Å². The van der Waals surface area contributed by atoms with Gasteiger partial charge in [-0.15, -0.1) is 0 Å². The van der Waals surface area contributed by atoms with Crippen LogP contribution in [-0.4, -0.2) is 24.1 Å². The van der Waals surface area contributed by atoms with Crippen LogP contribution in [0.15, 0.2) is 67.0 Å². The summed E-state index contributed by atoms with van der Waals surface area (Å²) in [6.07, 6.45) is 1.57. The van der Waals surface area contributed by atoms with Gasteiger partial charge in [0.1, 0.15) is 23.7 Å². The maximum atomic E-state index is 5.17. The van der Waals surface area contributed by atoms with Crippen molar-refractivity contribution >= 4 is 17.3 Å². The van der Waals surface area contributed by atoms with Gasteiger partial charge >= 0.3 is 0 Å². The van der Waals surface area contributed by atoms with Gasteiger partial charge in [0.25, 0.3) is 0 Å². The van der Waals surface area contributed by atoms with E-state index in [2.05, 4.69) is 15.3 Å². The average Bonchev–Trinajstić information content (AvgIpc) is 2.67. The molecule has 1 aromatic heterocycles. The first kappa shape index (κ1) is 15.8. The Bertz CT molecular complexity index is 775. The molecule has 0 saturated carbocycles. The Morgan fingerprint density at radius 3 is 2.46 bits per heavy atom. The summed E-state index contributed by atoms with van der Waals surface area (Å²) in [5.41, 5.74) is 2.24. The topological polar surface area (TPSA) is 50.3 Å². The second-order valence-corrected chi connectivity index (χ2v) is 5.36. The second kappa shape index (κ2) is 7.46. The number of anilines is 3. The SMILES string of the molecule is COc1ccc(CNc2cc(N(C)c3ccccc3)ncn2)cc1. The Morgan fingerprint density at radius 1 is 1.00 bits per heavy atom. The van der Waals surface area contributed by atoms with Crippen LogP contribution in [0.4, 0.5) is 17.3 Å². The van der Waals surface area contributed by atoms with E-state index in [0.717, 1.165) is 28.6 Å². The van der Waals surface area contributed by atoms with Crippen molar-refractivity contribution in [1.29, 1.82) is 0 Å². The largest absolute Gasteiger partial charge is 0.497 e. The standard InChI is InChI=1S/C19H20N4O/c1-23(16-6-4-3-5-7-16)19-12-18(21-14-22-19)20-13-15-8-10-17(24-2)11-9-15/h3-12,14H,13H2,1-2H3,(H,20,21,22). The maximum absolute atomic E-state index is 5.17. The zero-order valence-corrected chi connectivity index (χ0v) is 13.8. The Morgan fingerprint density at radius 2 is 1.75 bits per heavy atom. The molecule has 0 bridgehead atoms. The fourth-order valence-electron chi connectivity index (χ4n) is 2.35. The number of para-hydroxylation sites is 1. The van der Waals surface area contributed by atoms with Crippen LogP contribution in [0.5, 0.6) is 5.75 Å². The third-order valence-electron chi connectivity index (χ3n) is 3.77. The Labute approximate surface area is 142 Å². The van der Waals surface area contributed by atoms with E-state index < -0.39 is 0 Å². The fraction of sp³-hybridized carbons (Fsp3) is 0.158. The van der Waals surface area contributed by atoms with Gasteiger partial charge in [-0.2, -0.15) is 0 Å². The number of rotatable bonds is 6. The van der Waals surface area contributed by atoms with Crippen LogP contribution >= 0.6 is 0 Å². The number of nitrogens with one attached hydrogen (secondary N) is 1. The molecule has 1 N–H and O–H groups in total. The molecule has 5 heteroatoms. The van der Waals surface area contributed by atoms with E-state index in [-0.39, 0.29) is 0 Å². The highest BCUT2D eigenvalue weighted by Gasteiger charge is 2.06. The van der Waals surface area contributed by atoms with Crippen LogP contribution in [0.3, 0.4) is 0 Å². The molecule has 2 aromatic carbocycles. The van der Waals surface area contributed by atoms with E-state index in [1.54, 1.807) is 13.4 Å². The molecular formula is C19H20N4O. The normalized spacial score (nSPS) is 10.2. The zero-order valence-electron chi connectivity index (χ0n) is 13.8. The smallest absolute Gasteiger partial charge is 0.138 e. The highest BCUT2D eigenvalue weighted by Crippen LogP contribution is 2.22. The van der Waals surface area contributed by atoms with Gasteiger partial charge in [0.05, 0.1) is 7.11 Å². The van der Waals surface area contributed by atoms with Crippen LogP contribution in [0.25, 0.3) is 0 Å². The van der Waals surface area contributed by atoms with Crippen LogP contribution < -0.4 is 15.0 Å². The molecule has 0 aliphatic rings. The van der Waals surface area contributed by atoms with E-state index in [1.165, 1.54) is 0 Å². The van der Waals surface area contributed by atoms with Gasteiger partial charge in [-0.1, -0.05) is 30.3 Å². The van der Waals surface area contributed by atoms with Crippen molar-refractivity contribution < 1.29 is 4.74 Å². The lowest BCUT2D eigenvalue weighted by Crippen LogP contribution is -2.12. The number of hydrogen-bond acceptors (Lipinski definition) is 5. The molecule has 0 aliphatic heterocycles. The van der Waals surface area contributed by atoms with Crippen molar-refractivity contribution in [3.8, 4) is 5.75 Å². The molecule has 0 aliphatic carbocycles. The zero-order chi connectivity index (χ0) is 16.8. The van der Waals surface area contributed by atoms with Crippen LogP contribution in [0, 0.1) is 0 Å². The molecule has 122 valence electrons. The molecule has 3 aromatic rings. The summed E-state index contributed by atoms with van der Waals surface area (Å²) in [5.74, 6) is 2.49. The average molecular weight is 320 g/mol. The van der Waals surface area contributed by atoms with Crippen molar-refractivity contribution in [3.63, 3.8) is 0 Å². The number of hydrogen-bond donors (Lipinski definition) is 1. The first-order valence-corrected chi connectivity index (χ1v) is 7.74. The first-order chi connectivity index (χ1) is 11.8. The number of ether oxygens (including phenoxy) is 1. The summed E-state index contributed by atoms with van der Waals surface area (Å²) in [7, 11) is 3.66. The predicted molar refractivity (Wildman–Crippen MR) is 96.9 cm³/mol. The molecule has 0 atom stereocenters. The highest BCUT2D eigenvalue weighted by molar-refractivity contribution is 5.61. The summed E-state index contributed by atoms with van der Waals surface area (Å²) in [6.45, 7) is 0.690. The van der Waals surface area contributed by atoms with Crippen molar-refractivity contribution in [2.75, 3.05) is 24.4 Å². The third kappa shape index (κ3) is 3.81. The van der Waals surface area contributed by atoms with Gasteiger partial charge in [0.2, 0.25) is 0 Å². The van der Waals surface area contributed by atoms with Crippen LogP contribution in [-0.2, 0) is 6.54 Å². The van der Waals surface area contributed by atoms with Gasteiger partial charge in [-0.25, -0.2) is 9.97 Å². The molecule has 1 heterocycles. The molecule has 0 radical (unpaired) electrons. The Kier molecular flexibility index (Phi) is 4.91. The van der Waals surface area contributed by atoms with Crippen LogP contribution in [0.1, 0.15) is 5.56 Å². The number of benzene rings is 2. The van der Waals surface area contributed by atoms with Crippen molar-refractivity contribution in [2.24, 2.45) is 0 Å². The summed E-state index contributed by atoms with van der Waals surface area (Å²) >= 11 is 0. The van der Waals surface area contributed by atoms with E-state index in [4.69, 9.17) is 4.74 Å².